The fourth-order valence-electron chi connectivity index (χ4n) is 2.61. The SMILES string of the molecule is CC(C)N1CCCC(Nc2ccc(Cl)cc2Cl)CC1. The molecule has 1 aromatic rings. The zero-order valence-electron chi connectivity index (χ0n) is 11.6. The quantitative estimate of drug-likeness (QED) is 0.873. The van der Waals surface area contributed by atoms with Crippen molar-refractivity contribution in [3.05, 3.63) is 28.2 Å². The van der Waals surface area contributed by atoms with Crippen molar-refractivity contribution >= 4 is 28.9 Å². The number of anilines is 1. The number of rotatable bonds is 3. The van der Waals surface area contributed by atoms with Crippen molar-refractivity contribution in [3.8, 4) is 0 Å². The van der Waals surface area contributed by atoms with Crippen LogP contribution in [0.15, 0.2) is 18.2 Å². The average Bonchev–Trinajstić information content (AvgIpc) is 2.58. The van der Waals surface area contributed by atoms with Gasteiger partial charge < -0.3 is 10.2 Å². The summed E-state index contributed by atoms with van der Waals surface area (Å²) in [5, 5.41) is 4.95. The van der Waals surface area contributed by atoms with Gasteiger partial charge in [0.2, 0.25) is 0 Å². The van der Waals surface area contributed by atoms with Crippen LogP contribution in [0, 0.1) is 0 Å². The Morgan fingerprint density at radius 1 is 1.21 bits per heavy atom. The van der Waals surface area contributed by atoms with Crippen molar-refractivity contribution in [2.45, 2.75) is 45.2 Å². The second-order valence-electron chi connectivity index (χ2n) is 5.53. The van der Waals surface area contributed by atoms with E-state index in [9.17, 15) is 0 Å². The van der Waals surface area contributed by atoms with Gasteiger partial charge in [-0.1, -0.05) is 23.2 Å². The lowest BCUT2D eigenvalue weighted by Crippen LogP contribution is -2.32. The molecule has 1 aliphatic heterocycles. The van der Waals surface area contributed by atoms with Crippen molar-refractivity contribution in [1.82, 2.24) is 4.90 Å². The molecule has 0 bridgehead atoms. The van der Waals surface area contributed by atoms with Gasteiger partial charge in [0.15, 0.2) is 0 Å². The van der Waals surface area contributed by atoms with Crippen LogP contribution in [0.3, 0.4) is 0 Å². The number of hydrogen-bond donors (Lipinski definition) is 1. The Morgan fingerprint density at radius 3 is 2.68 bits per heavy atom. The fourth-order valence-corrected chi connectivity index (χ4v) is 3.07. The lowest BCUT2D eigenvalue weighted by atomic mass is 10.1. The summed E-state index contributed by atoms with van der Waals surface area (Å²) in [6.45, 7) is 6.89. The lowest BCUT2D eigenvalue weighted by molar-refractivity contribution is 0.230. The molecule has 1 atom stereocenters. The Balaban J connectivity index is 1.96. The van der Waals surface area contributed by atoms with Gasteiger partial charge in [-0.25, -0.2) is 0 Å². The smallest absolute Gasteiger partial charge is 0.0652 e. The molecule has 0 radical (unpaired) electrons. The third-order valence-corrected chi connectivity index (χ3v) is 4.33. The molecule has 1 saturated heterocycles. The summed E-state index contributed by atoms with van der Waals surface area (Å²) in [6.07, 6.45) is 3.60. The van der Waals surface area contributed by atoms with Crippen LogP contribution in [0.4, 0.5) is 5.69 Å². The molecule has 1 heterocycles. The van der Waals surface area contributed by atoms with Gasteiger partial charge in [-0.05, 0) is 57.9 Å². The van der Waals surface area contributed by atoms with Gasteiger partial charge in [0, 0.05) is 23.7 Å². The Bertz CT molecular complexity index is 421. The zero-order chi connectivity index (χ0) is 13.8. The van der Waals surface area contributed by atoms with Crippen LogP contribution >= 0.6 is 23.2 Å². The van der Waals surface area contributed by atoms with E-state index in [0.717, 1.165) is 18.7 Å². The van der Waals surface area contributed by atoms with E-state index in [4.69, 9.17) is 23.2 Å². The zero-order valence-corrected chi connectivity index (χ0v) is 13.1. The van der Waals surface area contributed by atoms with Gasteiger partial charge in [0.25, 0.3) is 0 Å². The van der Waals surface area contributed by atoms with Crippen LogP contribution in [0.5, 0.6) is 0 Å². The Kier molecular flexibility index (Phi) is 5.37. The van der Waals surface area contributed by atoms with E-state index in [2.05, 4.69) is 24.1 Å². The van der Waals surface area contributed by atoms with Gasteiger partial charge in [0.1, 0.15) is 0 Å². The summed E-state index contributed by atoms with van der Waals surface area (Å²) in [5.41, 5.74) is 0.995. The first kappa shape index (κ1) is 15.0. The van der Waals surface area contributed by atoms with E-state index in [-0.39, 0.29) is 0 Å². The van der Waals surface area contributed by atoms with E-state index in [1.807, 2.05) is 12.1 Å². The predicted molar refractivity (Wildman–Crippen MR) is 84.4 cm³/mol. The van der Waals surface area contributed by atoms with Crippen LogP contribution < -0.4 is 5.32 Å². The van der Waals surface area contributed by atoms with E-state index >= 15 is 0 Å². The molecule has 1 N–H and O–H groups in total. The van der Waals surface area contributed by atoms with Crippen LogP contribution in [0.25, 0.3) is 0 Å². The highest BCUT2D eigenvalue weighted by Gasteiger charge is 2.19. The third kappa shape index (κ3) is 4.27. The Morgan fingerprint density at radius 2 is 2.00 bits per heavy atom. The minimum absolute atomic E-state index is 0.502. The van der Waals surface area contributed by atoms with Crippen LogP contribution in [-0.4, -0.2) is 30.1 Å². The van der Waals surface area contributed by atoms with Crippen molar-refractivity contribution in [2.24, 2.45) is 0 Å². The topological polar surface area (TPSA) is 15.3 Å². The first-order valence-corrected chi connectivity index (χ1v) is 7.77. The van der Waals surface area contributed by atoms with Gasteiger partial charge in [-0.3, -0.25) is 0 Å². The molecule has 0 aromatic heterocycles. The summed E-state index contributed by atoms with van der Waals surface area (Å²) in [6, 6.07) is 6.78. The second-order valence-corrected chi connectivity index (χ2v) is 6.37. The molecule has 1 fully saturated rings. The molecule has 0 saturated carbocycles. The highest BCUT2D eigenvalue weighted by atomic mass is 35.5. The van der Waals surface area contributed by atoms with Gasteiger partial charge in [-0.15, -0.1) is 0 Å². The molecule has 1 unspecified atom stereocenters. The summed E-state index contributed by atoms with van der Waals surface area (Å²) in [5.74, 6) is 0. The van der Waals surface area contributed by atoms with Crippen LogP contribution in [0.2, 0.25) is 10.0 Å². The molecule has 4 heteroatoms. The molecular weight excluding hydrogens is 279 g/mol. The van der Waals surface area contributed by atoms with E-state index in [1.54, 1.807) is 6.07 Å². The molecule has 1 aromatic carbocycles. The monoisotopic (exact) mass is 300 g/mol. The maximum atomic E-state index is 6.21. The van der Waals surface area contributed by atoms with Crippen molar-refractivity contribution < 1.29 is 0 Å². The molecule has 1 aliphatic rings. The van der Waals surface area contributed by atoms with Gasteiger partial charge >= 0.3 is 0 Å². The van der Waals surface area contributed by atoms with Crippen molar-refractivity contribution in [1.29, 1.82) is 0 Å². The van der Waals surface area contributed by atoms with Crippen LogP contribution in [0.1, 0.15) is 33.1 Å². The molecule has 0 amide bonds. The number of nitrogens with zero attached hydrogens (tertiary/aromatic N) is 1. The number of halogens is 2. The third-order valence-electron chi connectivity index (χ3n) is 3.78. The molecule has 19 heavy (non-hydrogen) atoms. The Labute approximate surface area is 126 Å². The molecule has 0 spiro atoms. The molecule has 106 valence electrons. The first-order chi connectivity index (χ1) is 9.06. The highest BCUT2D eigenvalue weighted by Crippen LogP contribution is 2.27. The number of hydrogen-bond acceptors (Lipinski definition) is 2. The van der Waals surface area contributed by atoms with Crippen molar-refractivity contribution in [3.63, 3.8) is 0 Å². The predicted octanol–water partition coefficient (Wildman–Crippen LogP) is 4.67. The van der Waals surface area contributed by atoms with Crippen molar-refractivity contribution in [2.75, 3.05) is 18.4 Å². The van der Waals surface area contributed by atoms with E-state index in [1.165, 1.54) is 19.4 Å². The molecule has 0 aliphatic carbocycles. The van der Waals surface area contributed by atoms with Gasteiger partial charge in [0.05, 0.1) is 10.7 Å². The lowest BCUT2D eigenvalue weighted by Gasteiger charge is -2.24. The standard InChI is InChI=1S/C15H22Cl2N2/c1-11(2)19-8-3-4-13(7-9-19)18-15-6-5-12(16)10-14(15)17/h5-6,10-11,13,18H,3-4,7-9H2,1-2H3. The summed E-state index contributed by atoms with van der Waals surface area (Å²) in [4.78, 5) is 2.55. The number of benzene rings is 1. The fraction of sp³-hybridized carbons (Fsp3) is 0.600. The van der Waals surface area contributed by atoms with E-state index < -0.39 is 0 Å². The average molecular weight is 301 g/mol. The summed E-state index contributed by atoms with van der Waals surface area (Å²) >= 11 is 12.1. The molecule has 2 rings (SSSR count). The first-order valence-electron chi connectivity index (χ1n) is 7.02. The Hall–Kier alpha value is -0.440. The maximum absolute atomic E-state index is 6.21. The highest BCUT2D eigenvalue weighted by molar-refractivity contribution is 6.36. The summed E-state index contributed by atoms with van der Waals surface area (Å²) < 4.78 is 0. The minimum Gasteiger partial charge on any atom is -0.381 e. The van der Waals surface area contributed by atoms with Crippen LogP contribution in [-0.2, 0) is 0 Å². The van der Waals surface area contributed by atoms with Gasteiger partial charge in [-0.2, -0.15) is 0 Å². The largest absolute Gasteiger partial charge is 0.381 e. The second kappa shape index (κ2) is 6.83. The summed E-state index contributed by atoms with van der Waals surface area (Å²) in [7, 11) is 0. The number of likely N-dealkylation sites (tertiary alicyclic amines) is 1. The maximum Gasteiger partial charge on any atom is 0.0652 e. The number of nitrogens with one attached hydrogen (secondary N) is 1. The minimum atomic E-state index is 0.502. The van der Waals surface area contributed by atoms with E-state index in [0.29, 0.717) is 22.1 Å². The molecule has 2 nitrogen and oxygen atoms in total. The normalized spacial score (nSPS) is 21.4. The molecular formula is C15H22Cl2N2.